The van der Waals surface area contributed by atoms with Gasteiger partial charge in [0, 0.05) is 24.7 Å². The number of rotatable bonds is 8. The van der Waals surface area contributed by atoms with Crippen LogP contribution >= 0.6 is 0 Å². The maximum Gasteiger partial charge on any atom is 0.0616 e. The minimum Gasteiger partial charge on any atom is -0.378 e. The van der Waals surface area contributed by atoms with Crippen LogP contribution in [0.2, 0.25) is 0 Å². The number of nitrogens with zero attached hydrogens (tertiary/aromatic N) is 1. The average Bonchev–Trinajstić information content (AvgIpc) is 2.47. The molecule has 20 heavy (non-hydrogen) atoms. The maximum atomic E-state index is 6.27. The van der Waals surface area contributed by atoms with E-state index in [4.69, 9.17) is 10.5 Å². The van der Waals surface area contributed by atoms with Gasteiger partial charge >= 0.3 is 0 Å². The summed E-state index contributed by atoms with van der Waals surface area (Å²) in [4.78, 5) is 2.70. The molecule has 1 aliphatic rings. The third-order valence-electron chi connectivity index (χ3n) is 5.09. The van der Waals surface area contributed by atoms with E-state index in [9.17, 15) is 0 Å². The molecule has 3 atom stereocenters. The molecule has 0 aromatic carbocycles. The second kappa shape index (κ2) is 8.35. The molecule has 0 spiro atoms. The molecule has 1 fully saturated rings. The number of unbranched alkanes of at least 4 members (excludes halogenated alkanes) is 1. The summed E-state index contributed by atoms with van der Waals surface area (Å²) in [6, 6.07) is 0.607. The summed E-state index contributed by atoms with van der Waals surface area (Å²) in [5.41, 5.74) is 6.42. The third kappa shape index (κ3) is 4.19. The van der Waals surface area contributed by atoms with Gasteiger partial charge in [0.05, 0.1) is 6.10 Å². The second-order valence-corrected chi connectivity index (χ2v) is 6.84. The third-order valence-corrected chi connectivity index (χ3v) is 5.09. The lowest BCUT2D eigenvalue weighted by Gasteiger charge is -2.51. The zero-order chi connectivity index (χ0) is 15.2. The Morgan fingerprint density at radius 2 is 2.00 bits per heavy atom. The van der Waals surface area contributed by atoms with Gasteiger partial charge in [0.2, 0.25) is 0 Å². The number of hydrogen-bond acceptors (Lipinski definition) is 3. The minimum absolute atomic E-state index is 0.151. The maximum absolute atomic E-state index is 6.27. The Morgan fingerprint density at radius 3 is 2.50 bits per heavy atom. The molecule has 0 bridgehead atoms. The van der Waals surface area contributed by atoms with Crippen LogP contribution in [0.1, 0.15) is 66.7 Å². The second-order valence-electron chi connectivity index (χ2n) is 6.84. The van der Waals surface area contributed by atoms with Crippen molar-refractivity contribution in [3.8, 4) is 0 Å². The van der Waals surface area contributed by atoms with E-state index in [2.05, 4.69) is 39.5 Å². The highest BCUT2D eigenvalue weighted by atomic mass is 16.5. The Hall–Kier alpha value is -0.120. The highest BCUT2D eigenvalue weighted by Crippen LogP contribution is 2.35. The first-order valence-electron chi connectivity index (χ1n) is 8.59. The van der Waals surface area contributed by atoms with Crippen LogP contribution in [-0.2, 0) is 4.74 Å². The normalized spacial score (nSPS) is 29.1. The summed E-state index contributed by atoms with van der Waals surface area (Å²) < 4.78 is 5.98. The van der Waals surface area contributed by atoms with E-state index in [1.807, 2.05) is 0 Å². The average molecular weight is 284 g/mol. The van der Waals surface area contributed by atoms with Gasteiger partial charge in [-0.2, -0.15) is 0 Å². The molecule has 1 saturated heterocycles. The van der Waals surface area contributed by atoms with Crippen molar-refractivity contribution < 1.29 is 4.74 Å². The van der Waals surface area contributed by atoms with Crippen molar-refractivity contribution in [3.05, 3.63) is 0 Å². The molecular weight excluding hydrogens is 248 g/mol. The van der Waals surface area contributed by atoms with Crippen LogP contribution < -0.4 is 5.73 Å². The SMILES string of the molecule is CCCCN(C(C)CC)C1(CN)CCOC(C(C)C)C1. The molecule has 0 aromatic rings. The van der Waals surface area contributed by atoms with Crippen molar-refractivity contribution in [2.24, 2.45) is 11.7 Å². The van der Waals surface area contributed by atoms with Gasteiger partial charge in [-0.05, 0) is 45.1 Å². The molecule has 1 aliphatic heterocycles. The summed E-state index contributed by atoms with van der Waals surface area (Å²) >= 11 is 0. The summed E-state index contributed by atoms with van der Waals surface area (Å²) in [7, 11) is 0. The summed E-state index contributed by atoms with van der Waals surface area (Å²) in [5.74, 6) is 0.575. The molecule has 0 radical (unpaired) electrons. The first-order chi connectivity index (χ1) is 9.50. The van der Waals surface area contributed by atoms with Gasteiger partial charge in [-0.25, -0.2) is 0 Å². The fraction of sp³-hybridized carbons (Fsp3) is 1.00. The number of nitrogens with two attached hydrogens (primary N) is 1. The molecule has 1 heterocycles. The molecule has 3 nitrogen and oxygen atoms in total. The van der Waals surface area contributed by atoms with Crippen LogP contribution in [-0.4, -0.2) is 42.3 Å². The first-order valence-corrected chi connectivity index (χ1v) is 8.59. The van der Waals surface area contributed by atoms with Gasteiger partial charge in [0.1, 0.15) is 0 Å². The van der Waals surface area contributed by atoms with Gasteiger partial charge in [-0.3, -0.25) is 4.90 Å². The van der Waals surface area contributed by atoms with E-state index in [0.29, 0.717) is 18.1 Å². The summed E-state index contributed by atoms with van der Waals surface area (Å²) in [5, 5.41) is 0. The van der Waals surface area contributed by atoms with Gasteiger partial charge in [0.15, 0.2) is 0 Å². The molecule has 2 N–H and O–H groups in total. The smallest absolute Gasteiger partial charge is 0.0616 e. The van der Waals surface area contributed by atoms with Crippen LogP contribution in [0.15, 0.2) is 0 Å². The fourth-order valence-electron chi connectivity index (χ4n) is 3.40. The quantitative estimate of drug-likeness (QED) is 0.742. The lowest BCUT2D eigenvalue weighted by Crippen LogP contribution is -2.61. The summed E-state index contributed by atoms with van der Waals surface area (Å²) in [6.45, 7) is 14.2. The van der Waals surface area contributed by atoms with Crippen molar-refractivity contribution >= 4 is 0 Å². The van der Waals surface area contributed by atoms with Crippen molar-refractivity contribution in [2.45, 2.75) is 84.4 Å². The molecule has 1 rings (SSSR count). The van der Waals surface area contributed by atoms with Crippen LogP contribution in [0.4, 0.5) is 0 Å². The fourth-order valence-corrected chi connectivity index (χ4v) is 3.40. The standard InChI is InChI=1S/C17H36N2O/c1-6-8-10-19(15(5)7-2)17(13-18)9-11-20-16(12-17)14(3)4/h14-16H,6-13,18H2,1-5H3. The Bertz CT molecular complexity index is 270. The Labute approximate surface area is 126 Å². The molecule has 120 valence electrons. The van der Waals surface area contributed by atoms with Crippen molar-refractivity contribution in [1.29, 1.82) is 0 Å². The zero-order valence-corrected chi connectivity index (χ0v) is 14.3. The monoisotopic (exact) mass is 284 g/mol. The molecule has 0 saturated carbocycles. The van der Waals surface area contributed by atoms with Crippen LogP contribution in [0, 0.1) is 5.92 Å². The van der Waals surface area contributed by atoms with Crippen LogP contribution in [0.5, 0.6) is 0 Å². The highest BCUT2D eigenvalue weighted by molar-refractivity contribution is 4.98. The van der Waals surface area contributed by atoms with Gasteiger partial charge in [0.25, 0.3) is 0 Å². The first kappa shape index (κ1) is 17.9. The molecular formula is C17H36N2O. The van der Waals surface area contributed by atoms with Crippen molar-refractivity contribution in [1.82, 2.24) is 4.90 Å². The molecule has 0 aromatic heterocycles. The van der Waals surface area contributed by atoms with E-state index in [1.165, 1.54) is 25.8 Å². The molecule has 3 unspecified atom stereocenters. The van der Waals surface area contributed by atoms with Crippen molar-refractivity contribution in [2.75, 3.05) is 19.7 Å². The predicted molar refractivity (Wildman–Crippen MR) is 87.0 cm³/mol. The largest absolute Gasteiger partial charge is 0.378 e. The van der Waals surface area contributed by atoms with E-state index >= 15 is 0 Å². The predicted octanol–water partition coefficient (Wildman–Crippen LogP) is 3.42. The minimum atomic E-state index is 0.151. The topological polar surface area (TPSA) is 38.5 Å². The zero-order valence-electron chi connectivity index (χ0n) is 14.3. The van der Waals surface area contributed by atoms with E-state index in [-0.39, 0.29) is 5.54 Å². The Balaban J connectivity index is 2.90. The molecule has 3 heteroatoms. The van der Waals surface area contributed by atoms with Gasteiger partial charge < -0.3 is 10.5 Å². The molecule has 0 amide bonds. The lowest BCUT2D eigenvalue weighted by molar-refractivity contribution is -0.0974. The highest BCUT2D eigenvalue weighted by Gasteiger charge is 2.42. The Kier molecular flexibility index (Phi) is 7.49. The molecule has 0 aliphatic carbocycles. The van der Waals surface area contributed by atoms with Gasteiger partial charge in [-0.15, -0.1) is 0 Å². The number of ether oxygens (including phenoxy) is 1. The van der Waals surface area contributed by atoms with E-state index in [1.54, 1.807) is 0 Å². The van der Waals surface area contributed by atoms with Crippen LogP contribution in [0.25, 0.3) is 0 Å². The lowest BCUT2D eigenvalue weighted by atomic mass is 9.80. The van der Waals surface area contributed by atoms with E-state index < -0.39 is 0 Å². The van der Waals surface area contributed by atoms with Crippen molar-refractivity contribution in [3.63, 3.8) is 0 Å². The number of hydrogen-bond donors (Lipinski definition) is 1. The van der Waals surface area contributed by atoms with Crippen LogP contribution in [0.3, 0.4) is 0 Å². The van der Waals surface area contributed by atoms with E-state index in [0.717, 1.165) is 26.0 Å². The van der Waals surface area contributed by atoms with Gasteiger partial charge in [-0.1, -0.05) is 34.1 Å². The summed E-state index contributed by atoms with van der Waals surface area (Å²) in [6.07, 6.45) is 6.24. The Morgan fingerprint density at radius 1 is 1.30 bits per heavy atom.